The molecule has 4 aliphatic carbocycles. The van der Waals surface area contributed by atoms with Gasteiger partial charge in [-0.15, -0.1) is 0 Å². The maximum atomic E-state index is 10.1. The zero-order valence-corrected chi connectivity index (χ0v) is 15.6. The van der Waals surface area contributed by atoms with E-state index in [2.05, 4.69) is 31.1 Å². The van der Waals surface area contributed by atoms with Crippen molar-refractivity contribution in [3.8, 4) is 0 Å². The van der Waals surface area contributed by atoms with Gasteiger partial charge in [-0.3, -0.25) is 0 Å². The molecule has 5 rings (SSSR count). The minimum absolute atomic E-state index is 0.105. The maximum absolute atomic E-state index is 10.1. The van der Waals surface area contributed by atoms with Crippen molar-refractivity contribution < 1.29 is 9.63 Å². The number of aliphatic hydroxyl groups excluding tert-OH is 1. The third-order valence-electron chi connectivity index (χ3n) is 8.88. The van der Waals surface area contributed by atoms with Crippen LogP contribution in [0.15, 0.2) is 28.4 Å². The predicted octanol–water partition coefficient (Wildman–Crippen LogP) is 5.08. The Balaban J connectivity index is 1.47. The Kier molecular flexibility index (Phi) is 3.51. The quantitative estimate of drug-likeness (QED) is 0.724. The first-order valence-corrected chi connectivity index (χ1v) is 10.3. The zero-order valence-electron chi connectivity index (χ0n) is 15.6. The van der Waals surface area contributed by atoms with E-state index in [9.17, 15) is 5.11 Å². The standard InChI is InChI=1S/C22H31NO2/c1-21-10-7-15(24)13-14(21)3-4-16-17-5-6-19(20-9-12-23-25-20)22(17,2)11-8-18(16)21/h3,9,12,15-19,24H,4-8,10-11,13H2,1-2H3. The van der Waals surface area contributed by atoms with E-state index in [0.717, 1.165) is 36.4 Å². The SMILES string of the molecule is CC12CCC(O)CC1=CCC1C2CCC2(C)C(c3ccno3)CCC12. The molecule has 0 saturated heterocycles. The van der Waals surface area contributed by atoms with Crippen molar-refractivity contribution >= 4 is 0 Å². The highest BCUT2D eigenvalue weighted by molar-refractivity contribution is 5.26. The molecule has 0 aliphatic heterocycles. The van der Waals surface area contributed by atoms with Crippen molar-refractivity contribution in [1.29, 1.82) is 0 Å². The number of allylic oxidation sites excluding steroid dienone is 1. The summed E-state index contributed by atoms with van der Waals surface area (Å²) >= 11 is 0. The van der Waals surface area contributed by atoms with E-state index in [4.69, 9.17) is 4.52 Å². The molecule has 4 aliphatic rings. The van der Waals surface area contributed by atoms with Gasteiger partial charge in [0.15, 0.2) is 0 Å². The van der Waals surface area contributed by atoms with E-state index in [-0.39, 0.29) is 6.10 Å². The molecule has 25 heavy (non-hydrogen) atoms. The number of fused-ring (bicyclic) bond motifs is 5. The van der Waals surface area contributed by atoms with Gasteiger partial charge in [-0.05, 0) is 80.0 Å². The third kappa shape index (κ3) is 2.17. The van der Waals surface area contributed by atoms with Crippen LogP contribution in [-0.4, -0.2) is 16.4 Å². The first-order valence-electron chi connectivity index (χ1n) is 10.3. The van der Waals surface area contributed by atoms with Crippen molar-refractivity contribution in [2.24, 2.45) is 28.6 Å². The molecule has 1 aromatic heterocycles. The lowest BCUT2D eigenvalue weighted by atomic mass is 9.47. The first-order chi connectivity index (χ1) is 12.0. The van der Waals surface area contributed by atoms with Gasteiger partial charge >= 0.3 is 0 Å². The number of rotatable bonds is 1. The molecule has 136 valence electrons. The maximum Gasteiger partial charge on any atom is 0.140 e. The zero-order chi connectivity index (χ0) is 17.2. The highest BCUT2D eigenvalue weighted by Crippen LogP contribution is 2.67. The number of hydrogen-bond donors (Lipinski definition) is 1. The minimum Gasteiger partial charge on any atom is -0.393 e. The summed E-state index contributed by atoms with van der Waals surface area (Å²) in [6, 6.07) is 2.09. The smallest absolute Gasteiger partial charge is 0.140 e. The second kappa shape index (κ2) is 5.45. The second-order valence-electron chi connectivity index (χ2n) is 9.75. The molecule has 1 aromatic rings. The molecule has 3 heteroatoms. The lowest BCUT2D eigenvalue weighted by Crippen LogP contribution is -2.50. The summed E-state index contributed by atoms with van der Waals surface area (Å²) < 4.78 is 5.60. The summed E-state index contributed by atoms with van der Waals surface area (Å²) in [5.41, 5.74) is 2.28. The summed E-state index contributed by atoms with van der Waals surface area (Å²) in [5, 5.41) is 14.1. The Morgan fingerprint density at radius 2 is 2.00 bits per heavy atom. The van der Waals surface area contributed by atoms with Crippen LogP contribution in [0.3, 0.4) is 0 Å². The summed E-state index contributed by atoms with van der Waals surface area (Å²) in [6.45, 7) is 5.04. The van der Waals surface area contributed by atoms with E-state index in [1.54, 1.807) is 5.57 Å². The molecular formula is C22H31NO2. The number of aliphatic hydroxyl groups is 1. The van der Waals surface area contributed by atoms with Crippen LogP contribution in [-0.2, 0) is 0 Å². The summed E-state index contributed by atoms with van der Waals surface area (Å²) in [5.74, 6) is 4.10. The molecule has 7 unspecified atom stereocenters. The van der Waals surface area contributed by atoms with E-state index < -0.39 is 0 Å². The van der Waals surface area contributed by atoms with Gasteiger partial charge in [0.05, 0.1) is 12.3 Å². The van der Waals surface area contributed by atoms with Gasteiger partial charge in [-0.25, -0.2) is 0 Å². The van der Waals surface area contributed by atoms with E-state index in [1.807, 2.05) is 6.20 Å². The Morgan fingerprint density at radius 1 is 1.12 bits per heavy atom. The summed E-state index contributed by atoms with van der Waals surface area (Å²) in [4.78, 5) is 0. The molecule has 0 amide bonds. The van der Waals surface area contributed by atoms with Crippen molar-refractivity contribution in [1.82, 2.24) is 5.16 Å². The molecule has 7 atom stereocenters. The van der Waals surface area contributed by atoms with E-state index in [0.29, 0.717) is 16.7 Å². The van der Waals surface area contributed by atoms with Crippen LogP contribution < -0.4 is 0 Å². The van der Waals surface area contributed by atoms with Crippen molar-refractivity contribution in [3.63, 3.8) is 0 Å². The molecule has 0 bridgehead atoms. The van der Waals surface area contributed by atoms with Crippen LogP contribution in [0.2, 0.25) is 0 Å². The average molecular weight is 341 g/mol. The van der Waals surface area contributed by atoms with Crippen molar-refractivity contribution in [2.75, 3.05) is 0 Å². The Bertz CT molecular complexity index is 680. The molecule has 3 fully saturated rings. The minimum atomic E-state index is -0.105. The molecular weight excluding hydrogens is 310 g/mol. The fourth-order valence-corrected chi connectivity index (χ4v) is 7.51. The van der Waals surface area contributed by atoms with Gasteiger partial charge in [0, 0.05) is 12.0 Å². The number of aromatic nitrogens is 1. The van der Waals surface area contributed by atoms with Gasteiger partial charge in [0.2, 0.25) is 0 Å². The average Bonchev–Trinajstić information content (AvgIpc) is 3.22. The van der Waals surface area contributed by atoms with Crippen LogP contribution in [0, 0.1) is 28.6 Å². The van der Waals surface area contributed by atoms with Crippen LogP contribution in [0.5, 0.6) is 0 Å². The molecule has 0 spiro atoms. The molecule has 0 aromatic carbocycles. The predicted molar refractivity (Wildman–Crippen MR) is 97.0 cm³/mol. The monoisotopic (exact) mass is 341 g/mol. The highest BCUT2D eigenvalue weighted by Gasteiger charge is 2.59. The van der Waals surface area contributed by atoms with E-state index >= 15 is 0 Å². The molecule has 1 N–H and O–H groups in total. The highest BCUT2D eigenvalue weighted by atomic mass is 16.5. The number of hydrogen-bond acceptors (Lipinski definition) is 3. The van der Waals surface area contributed by atoms with Crippen LogP contribution in [0.25, 0.3) is 0 Å². The lowest BCUT2D eigenvalue weighted by molar-refractivity contribution is -0.0428. The van der Waals surface area contributed by atoms with Gasteiger partial charge in [-0.2, -0.15) is 0 Å². The summed E-state index contributed by atoms with van der Waals surface area (Å²) in [6.07, 6.45) is 13.8. The Labute approximate surface area is 150 Å². The van der Waals surface area contributed by atoms with Gasteiger partial charge in [0.25, 0.3) is 0 Å². The topological polar surface area (TPSA) is 46.3 Å². The van der Waals surface area contributed by atoms with Crippen molar-refractivity contribution in [3.05, 3.63) is 29.7 Å². The lowest BCUT2D eigenvalue weighted by Gasteiger charge is -2.57. The molecule has 3 saturated carbocycles. The third-order valence-corrected chi connectivity index (χ3v) is 8.88. The molecule has 3 nitrogen and oxygen atoms in total. The van der Waals surface area contributed by atoms with Gasteiger partial charge < -0.3 is 9.63 Å². The largest absolute Gasteiger partial charge is 0.393 e. The van der Waals surface area contributed by atoms with Gasteiger partial charge in [0.1, 0.15) is 5.76 Å². The fraction of sp³-hybridized carbons (Fsp3) is 0.773. The molecule has 0 radical (unpaired) electrons. The van der Waals surface area contributed by atoms with Crippen LogP contribution in [0.1, 0.15) is 76.9 Å². The fourth-order valence-electron chi connectivity index (χ4n) is 7.51. The van der Waals surface area contributed by atoms with Crippen LogP contribution >= 0.6 is 0 Å². The molecule has 1 heterocycles. The number of nitrogens with zero attached hydrogens (tertiary/aromatic N) is 1. The first kappa shape index (κ1) is 16.1. The van der Waals surface area contributed by atoms with Gasteiger partial charge in [-0.1, -0.05) is 30.7 Å². The Hall–Kier alpha value is -1.09. The van der Waals surface area contributed by atoms with Crippen LogP contribution in [0.4, 0.5) is 0 Å². The normalized spacial score (nSPS) is 49.1. The second-order valence-corrected chi connectivity index (χ2v) is 9.75. The van der Waals surface area contributed by atoms with E-state index in [1.165, 1.54) is 38.5 Å². The Morgan fingerprint density at radius 3 is 2.80 bits per heavy atom. The van der Waals surface area contributed by atoms with Crippen molar-refractivity contribution in [2.45, 2.75) is 77.2 Å². The summed E-state index contributed by atoms with van der Waals surface area (Å²) in [7, 11) is 0.